The molecule has 0 radical (unpaired) electrons. The normalized spacial score (nSPS) is 12.7. The number of carbonyl (C=O) groups excluding carboxylic acids is 2. The van der Waals surface area contributed by atoms with Crippen LogP contribution in [0.4, 0.5) is 5.69 Å². The maximum absolute atomic E-state index is 13.9. The van der Waals surface area contributed by atoms with Crippen LogP contribution in [0.15, 0.2) is 83.8 Å². The van der Waals surface area contributed by atoms with Gasteiger partial charge in [-0.25, -0.2) is 8.42 Å². The smallest absolute Gasteiger partial charge is 0.264 e. The number of rotatable bonds is 12. The highest BCUT2D eigenvalue weighted by atomic mass is 32.2. The summed E-state index contributed by atoms with van der Waals surface area (Å²) < 4.78 is 33.9. The van der Waals surface area contributed by atoms with Crippen molar-refractivity contribution in [2.24, 2.45) is 0 Å². The SMILES string of the molecule is CC[C@@H](C)NC(=O)[C@@H](C)N(Cc1ccccc1C)C(=O)CN(c1ccccc1)S(=O)(=O)c1ccc(OC)cc1. The van der Waals surface area contributed by atoms with Gasteiger partial charge in [-0.1, -0.05) is 49.4 Å². The van der Waals surface area contributed by atoms with Gasteiger partial charge in [0.05, 0.1) is 17.7 Å². The number of nitrogens with one attached hydrogen (secondary N) is 1. The van der Waals surface area contributed by atoms with E-state index in [1.54, 1.807) is 49.4 Å². The van der Waals surface area contributed by atoms with Crippen LogP contribution in [-0.4, -0.2) is 50.9 Å². The molecule has 39 heavy (non-hydrogen) atoms. The monoisotopic (exact) mass is 551 g/mol. The van der Waals surface area contributed by atoms with E-state index in [1.807, 2.05) is 45.0 Å². The summed E-state index contributed by atoms with van der Waals surface area (Å²) in [6.07, 6.45) is 0.742. The van der Waals surface area contributed by atoms with Gasteiger partial charge in [0.2, 0.25) is 11.8 Å². The molecule has 0 aliphatic rings. The summed E-state index contributed by atoms with van der Waals surface area (Å²) in [5, 5.41) is 2.94. The zero-order valence-corrected chi connectivity index (χ0v) is 23.9. The maximum atomic E-state index is 13.9. The molecule has 208 valence electrons. The first-order valence-electron chi connectivity index (χ1n) is 12.9. The number of anilines is 1. The van der Waals surface area contributed by atoms with Crippen LogP contribution in [0.5, 0.6) is 5.75 Å². The Morgan fingerprint density at radius 3 is 2.13 bits per heavy atom. The summed E-state index contributed by atoms with van der Waals surface area (Å²) in [6, 6.07) is 21.2. The Balaban J connectivity index is 2.01. The number of nitrogens with zero attached hydrogens (tertiary/aromatic N) is 2. The summed E-state index contributed by atoms with van der Waals surface area (Å²) in [7, 11) is -2.63. The van der Waals surface area contributed by atoms with Crippen LogP contribution < -0.4 is 14.4 Å². The minimum Gasteiger partial charge on any atom is -0.497 e. The molecule has 9 heteroatoms. The largest absolute Gasteiger partial charge is 0.497 e. The van der Waals surface area contributed by atoms with E-state index in [0.29, 0.717) is 11.4 Å². The number of sulfonamides is 1. The van der Waals surface area contributed by atoms with E-state index in [1.165, 1.54) is 24.1 Å². The highest BCUT2D eigenvalue weighted by Crippen LogP contribution is 2.26. The fraction of sp³-hybridized carbons (Fsp3) is 0.333. The Morgan fingerprint density at radius 2 is 1.54 bits per heavy atom. The quantitative estimate of drug-likeness (QED) is 0.357. The van der Waals surface area contributed by atoms with Crippen LogP contribution in [0.3, 0.4) is 0 Å². The van der Waals surface area contributed by atoms with Gasteiger partial charge in [0.15, 0.2) is 0 Å². The second-order valence-corrected chi connectivity index (χ2v) is 11.3. The van der Waals surface area contributed by atoms with Gasteiger partial charge in [0.25, 0.3) is 10.0 Å². The lowest BCUT2D eigenvalue weighted by Crippen LogP contribution is -2.52. The van der Waals surface area contributed by atoms with Crippen LogP contribution >= 0.6 is 0 Å². The summed E-state index contributed by atoms with van der Waals surface area (Å²) in [5.74, 6) is -0.275. The molecule has 3 aromatic carbocycles. The first-order chi connectivity index (χ1) is 18.6. The van der Waals surface area contributed by atoms with Crippen LogP contribution in [0.25, 0.3) is 0 Å². The van der Waals surface area contributed by atoms with Gasteiger partial charge in [-0.3, -0.25) is 13.9 Å². The molecule has 3 rings (SSSR count). The number of methoxy groups -OCH3 is 1. The second kappa shape index (κ2) is 13.3. The van der Waals surface area contributed by atoms with Crippen molar-refractivity contribution in [3.63, 3.8) is 0 Å². The number of hydrogen-bond donors (Lipinski definition) is 1. The van der Waals surface area contributed by atoms with Gasteiger partial charge in [0, 0.05) is 12.6 Å². The van der Waals surface area contributed by atoms with E-state index in [-0.39, 0.29) is 23.4 Å². The lowest BCUT2D eigenvalue weighted by atomic mass is 10.1. The topological polar surface area (TPSA) is 96.0 Å². The highest BCUT2D eigenvalue weighted by molar-refractivity contribution is 7.92. The molecule has 0 aromatic heterocycles. The number of para-hydroxylation sites is 1. The average molecular weight is 552 g/mol. The van der Waals surface area contributed by atoms with Gasteiger partial charge in [-0.2, -0.15) is 0 Å². The lowest BCUT2D eigenvalue weighted by Gasteiger charge is -2.32. The Kier molecular flexibility index (Phi) is 10.1. The van der Waals surface area contributed by atoms with Crippen molar-refractivity contribution in [3.05, 3.63) is 90.0 Å². The molecule has 0 saturated carbocycles. The number of ether oxygens (including phenoxy) is 1. The van der Waals surface area contributed by atoms with Crippen LogP contribution in [0.2, 0.25) is 0 Å². The third-order valence-electron chi connectivity index (χ3n) is 6.74. The summed E-state index contributed by atoms with van der Waals surface area (Å²) in [6.45, 7) is 7.15. The first-order valence-corrected chi connectivity index (χ1v) is 14.4. The lowest BCUT2D eigenvalue weighted by molar-refractivity contribution is -0.139. The number of hydrogen-bond acceptors (Lipinski definition) is 5. The maximum Gasteiger partial charge on any atom is 0.264 e. The van der Waals surface area contributed by atoms with Crippen molar-refractivity contribution >= 4 is 27.5 Å². The van der Waals surface area contributed by atoms with Crippen LogP contribution in [-0.2, 0) is 26.2 Å². The van der Waals surface area contributed by atoms with Crippen molar-refractivity contribution in [3.8, 4) is 5.75 Å². The third kappa shape index (κ3) is 7.38. The van der Waals surface area contributed by atoms with Crippen LogP contribution in [0.1, 0.15) is 38.3 Å². The van der Waals surface area contributed by atoms with Gasteiger partial charge in [-0.15, -0.1) is 0 Å². The van der Waals surface area contributed by atoms with Crippen molar-refractivity contribution in [1.82, 2.24) is 10.2 Å². The van der Waals surface area contributed by atoms with E-state index in [4.69, 9.17) is 4.74 Å². The Labute approximate surface area is 231 Å². The van der Waals surface area contributed by atoms with E-state index < -0.39 is 28.5 Å². The Morgan fingerprint density at radius 1 is 0.923 bits per heavy atom. The summed E-state index contributed by atoms with van der Waals surface area (Å²) in [5.41, 5.74) is 2.18. The van der Waals surface area contributed by atoms with Crippen molar-refractivity contribution in [1.29, 1.82) is 0 Å². The molecule has 2 atom stereocenters. The molecule has 1 N–H and O–H groups in total. The predicted molar refractivity (Wildman–Crippen MR) is 153 cm³/mol. The number of aryl methyl sites for hydroxylation is 1. The predicted octanol–water partition coefficient (Wildman–Crippen LogP) is 4.53. The van der Waals surface area contributed by atoms with Crippen molar-refractivity contribution in [2.45, 2.75) is 57.6 Å². The number of amides is 2. The molecular weight excluding hydrogens is 514 g/mol. The molecule has 0 bridgehead atoms. The van der Waals surface area contributed by atoms with Gasteiger partial charge in [-0.05, 0) is 74.7 Å². The molecule has 0 fully saturated rings. The molecule has 0 unspecified atom stereocenters. The molecule has 0 heterocycles. The minimum atomic E-state index is -4.13. The molecule has 8 nitrogen and oxygen atoms in total. The number of benzene rings is 3. The van der Waals surface area contributed by atoms with Gasteiger partial charge in [0.1, 0.15) is 18.3 Å². The fourth-order valence-electron chi connectivity index (χ4n) is 4.02. The minimum absolute atomic E-state index is 0.0213. The van der Waals surface area contributed by atoms with E-state index in [2.05, 4.69) is 5.32 Å². The van der Waals surface area contributed by atoms with Gasteiger partial charge < -0.3 is 15.0 Å². The van der Waals surface area contributed by atoms with E-state index in [0.717, 1.165) is 21.9 Å². The van der Waals surface area contributed by atoms with Crippen molar-refractivity contribution in [2.75, 3.05) is 18.0 Å². The van der Waals surface area contributed by atoms with Crippen molar-refractivity contribution < 1.29 is 22.7 Å². The average Bonchev–Trinajstić information content (AvgIpc) is 2.95. The van der Waals surface area contributed by atoms with Crippen LogP contribution in [0, 0.1) is 6.92 Å². The third-order valence-corrected chi connectivity index (χ3v) is 8.53. The Bertz CT molecular complexity index is 1360. The number of carbonyl (C=O) groups is 2. The highest BCUT2D eigenvalue weighted by Gasteiger charge is 2.33. The fourth-order valence-corrected chi connectivity index (χ4v) is 5.43. The van der Waals surface area contributed by atoms with Gasteiger partial charge >= 0.3 is 0 Å². The summed E-state index contributed by atoms with van der Waals surface area (Å²) in [4.78, 5) is 28.5. The molecule has 2 amide bonds. The molecule has 0 spiro atoms. The first kappa shape index (κ1) is 29.7. The standard InChI is InChI=1S/C30H37N3O5S/c1-6-23(3)31-30(35)24(4)32(20-25-13-11-10-12-22(25)2)29(34)21-33(26-14-8-7-9-15-26)39(36,37)28-18-16-27(38-5)17-19-28/h7-19,23-24H,6,20-21H2,1-5H3,(H,31,35)/t23-,24-/m1/s1. The summed E-state index contributed by atoms with van der Waals surface area (Å²) >= 11 is 0. The molecule has 0 saturated heterocycles. The zero-order valence-electron chi connectivity index (χ0n) is 23.1. The van der Waals surface area contributed by atoms with E-state index in [9.17, 15) is 18.0 Å². The molecular formula is C30H37N3O5S. The zero-order chi connectivity index (χ0) is 28.6. The van der Waals surface area contributed by atoms with E-state index >= 15 is 0 Å². The molecule has 0 aliphatic carbocycles. The molecule has 3 aromatic rings. The second-order valence-electron chi connectivity index (χ2n) is 9.46. The molecule has 0 aliphatic heterocycles. The Hall–Kier alpha value is -3.85.